The van der Waals surface area contributed by atoms with E-state index in [-0.39, 0.29) is 12.1 Å². The van der Waals surface area contributed by atoms with Gasteiger partial charge in [0.15, 0.2) is 0 Å². The van der Waals surface area contributed by atoms with E-state index in [1.165, 1.54) is 22.3 Å². The summed E-state index contributed by atoms with van der Waals surface area (Å²) in [7, 11) is 0. The van der Waals surface area contributed by atoms with Gasteiger partial charge in [0.1, 0.15) is 0 Å². The molecule has 0 bridgehead atoms. The molecular weight excluding hydrogens is 408 g/mol. The molecule has 1 atom stereocenters. The lowest BCUT2D eigenvalue weighted by molar-refractivity contribution is -0.158. The Morgan fingerprint density at radius 1 is 1.19 bits per heavy atom. The molecule has 3 rings (SSSR count). The summed E-state index contributed by atoms with van der Waals surface area (Å²) < 4.78 is 8.53. The van der Waals surface area contributed by atoms with Gasteiger partial charge in [0.05, 0.1) is 18.8 Å². The van der Waals surface area contributed by atoms with E-state index in [2.05, 4.69) is 48.5 Å². The Morgan fingerprint density at radius 3 is 2.65 bits per heavy atom. The maximum Gasteiger partial charge on any atom is 0.233 e. The lowest BCUT2D eigenvalue weighted by Crippen LogP contribution is -2.37. The van der Waals surface area contributed by atoms with Crippen molar-refractivity contribution in [3.8, 4) is 0 Å². The van der Waals surface area contributed by atoms with Crippen molar-refractivity contribution in [2.75, 3.05) is 18.8 Å². The number of carbonyl (C=O) groups excluding carboxylic acids is 1. The van der Waals surface area contributed by atoms with Gasteiger partial charge in [-0.15, -0.1) is 0 Å². The second-order valence-electron chi connectivity index (χ2n) is 8.33. The Labute approximate surface area is 190 Å². The zero-order chi connectivity index (χ0) is 22.1. The lowest BCUT2D eigenvalue weighted by atomic mass is 10.1. The van der Waals surface area contributed by atoms with E-state index >= 15 is 0 Å². The molecule has 2 aromatic carbocycles. The van der Waals surface area contributed by atoms with Gasteiger partial charge in [0, 0.05) is 18.8 Å². The number of rotatable bonds is 11. The first-order valence-electron chi connectivity index (χ1n) is 11.1. The predicted octanol–water partition coefficient (Wildman–Crippen LogP) is 4.78. The summed E-state index contributed by atoms with van der Waals surface area (Å²) >= 11 is 1.72. The summed E-state index contributed by atoms with van der Waals surface area (Å²) in [6, 6.07) is 16.5. The molecule has 2 aromatic rings. The van der Waals surface area contributed by atoms with Crippen LogP contribution in [0.15, 0.2) is 48.5 Å². The van der Waals surface area contributed by atoms with Crippen LogP contribution in [-0.4, -0.2) is 52.0 Å². The van der Waals surface area contributed by atoms with E-state index in [0.29, 0.717) is 18.8 Å². The first kappa shape index (κ1) is 23.8. The van der Waals surface area contributed by atoms with Gasteiger partial charge in [0.25, 0.3) is 0 Å². The first-order chi connectivity index (χ1) is 15.0. The molecular formula is C25H34N2O3S. The lowest BCUT2D eigenvalue weighted by Gasteiger charge is -2.32. The third kappa shape index (κ3) is 7.65. The highest BCUT2D eigenvalue weighted by atomic mass is 32.2. The second kappa shape index (κ2) is 12.2. The monoisotopic (exact) mass is 442 g/mol. The Bertz CT molecular complexity index is 810. The number of ether oxygens (including phenoxy) is 1. The number of hydroxylamine groups is 2. The zero-order valence-corrected chi connectivity index (χ0v) is 19.4. The molecule has 0 radical (unpaired) electrons. The number of hydrogen-bond donors (Lipinski definition) is 1. The molecule has 1 unspecified atom stereocenters. The van der Waals surface area contributed by atoms with Crippen molar-refractivity contribution in [3.05, 3.63) is 70.8 Å². The highest BCUT2D eigenvalue weighted by Crippen LogP contribution is 2.24. The van der Waals surface area contributed by atoms with Gasteiger partial charge in [-0.05, 0) is 56.2 Å². The van der Waals surface area contributed by atoms with Gasteiger partial charge in [0.2, 0.25) is 6.41 Å². The van der Waals surface area contributed by atoms with Crippen molar-refractivity contribution in [2.24, 2.45) is 0 Å². The Hall–Kier alpha value is -1.86. The van der Waals surface area contributed by atoms with Crippen LogP contribution in [0.4, 0.5) is 0 Å². The van der Waals surface area contributed by atoms with E-state index in [9.17, 15) is 10.0 Å². The average Bonchev–Trinajstić information content (AvgIpc) is 2.80. The topological polar surface area (TPSA) is 53.0 Å². The van der Waals surface area contributed by atoms with Crippen LogP contribution in [-0.2, 0) is 22.6 Å². The van der Waals surface area contributed by atoms with E-state index < -0.39 is 0 Å². The van der Waals surface area contributed by atoms with Crippen molar-refractivity contribution in [2.45, 2.75) is 58.3 Å². The van der Waals surface area contributed by atoms with Crippen molar-refractivity contribution >= 4 is 18.4 Å². The SMILES string of the molecule is Cc1ccc(C)c(COC2CCN(SCC(CCc3ccccc3)N(O)C=O)CC2)c1. The molecule has 0 saturated carbocycles. The summed E-state index contributed by atoms with van der Waals surface area (Å²) in [4.78, 5) is 11.1. The average molecular weight is 443 g/mol. The molecule has 168 valence electrons. The Kier molecular flexibility index (Phi) is 9.40. The maximum atomic E-state index is 11.1. The third-order valence-electron chi connectivity index (χ3n) is 5.92. The number of piperidine rings is 1. The van der Waals surface area contributed by atoms with E-state index in [1.807, 2.05) is 18.2 Å². The molecule has 1 heterocycles. The normalized spacial score (nSPS) is 16.2. The summed E-state index contributed by atoms with van der Waals surface area (Å²) in [5, 5.41) is 10.8. The summed E-state index contributed by atoms with van der Waals surface area (Å²) in [6.07, 6.45) is 4.39. The molecule has 0 aliphatic carbocycles. The molecule has 0 aromatic heterocycles. The summed E-state index contributed by atoms with van der Waals surface area (Å²) in [5.74, 6) is 0.691. The molecule has 0 spiro atoms. The smallest absolute Gasteiger partial charge is 0.233 e. The molecule has 1 aliphatic rings. The largest absolute Gasteiger partial charge is 0.373 e. The molecule has 1 aliphatic heterocycles. The van der Waals surface area contributed by atoms with Crippen molar-refractivity contribution in [1.82, 2.24) is 9.37 Å². The number of hydrogen-bond acceptors (Lipinski definition) is 5. The first-order valence-corrected chi connectivity index (χ1v) is 12.0. The van der Waals surface area contributed by atoms with E-state index in [1.54, 1.807) is 11.9 Å². The number of amides is 1. The van der Waals surface area contributed by atoms with E-state index in [4.69, 9.17) is 4.74 Å². The van der Waals surface area contributed by atoms with Crippen LogP contribution in [0.3, 0.4) is 0 Å². The van der Waals surface area contributed by atoms with Crippen LogP contribution in [0.5, 0.6) is 0 Å². The highest BCUT2D eigenvalue weighted by molar-refractivity contribution is 7.97. The fraction of sp³-hybridized carbons (Fsp3) is 0.480. The highest BCUT2D eigenvalue weighted by Gasteiger charge is 2.23. The number of carbonyl (C=O) groups is 1. The van der Waals surface area contributed by atoms with Crippen LogP contribution < -0.4 is 0 Å². The number of benzene rings is 2. The fourth-order valence-electron chi connectivity index (χ4n) is 3.84. The van der Waals surface area contributed by atoms with Crippen LogP contribution in [0.1, 0.15) is 41.5 Å². The van der Waals surface area contributed by atoms with Gasteiger partial charge in [-0.2, -0.15) is 0 Å². The van der Waals surface area contributed by atoms with Gasteiger partial charge in [-0.25, -0.2) is 5.06 Å². The predicted molar refractivity (Wildman–Crippen MR) is 126 cm³/mol. The standard InChI is InChI=1S/C25H34N2O3S/c1-20-8-9-21(2)23(16-20)17-30-25-12-14-26(15-13-25)31-18-24(27(29)19-28)11-10-22-6-4-3-5-7-22/h3-9,16,19,24-25,29H,10-15,17-18H2,1-2H3. The fourth-order valence-corrected chi connectivity index (χ4v) is 5.01. The van der Waals surface area contributed by atoms with Crippen LogP contribution >= 0.6 is 11.9 Å². The Morgan fingerprint density at radius 2 is 1.94 bits per heavy atom. The minimum absolute atomic E-state index is 0.194. The van der Waals surface area contributed by atoms with Gasteiger partial charge >= 0.3 is 0 Å². The van der Waals surface area contributed by atoms with Crippen LogP contribution in [0.25, 0.3) is 0 Å². The molecule has 1 amide bonds. The molecule has 5 nitrogen and oxygen atoms in total. The second-order valence-corrected chi connectivity index (χ2v) is 9.44. The summed E-state index contributed by atoms with van der Waals surface area (Å²) in [6.45, 7) is 6.84. The van der Waals surface area contributed by atoms with Crippen LogP contribution in [0, 0.1) is 13.8 Å². The van der Waals surface area contributed by atoms with Gasteiger partial charge in [-0.1, -0.05) is 66.0 Å². The zero-order valence-electron chi connectivity index (χ0n) is 18.6. The molecule has 1 saturated heterocycles. The van der Waals surface area contributed by atoms with Crippen LogP contribution in [0.2, 0.25) is 0 Å². The minimum Gasteiger partial charge on any atom is -0.373 e. The molecule has 31 heavy (non-hydrogen) atoms. The quantitative estimate of drug-likeness (QED) is 0.235. The molecule has 1 N–H and O–H groups in total. The van der Waals surface area contributed by atoms with Crippen molar-refractivity contribution < 1.29 is 14.7 Å². The third-order valence-corrected chi connectivity index (χ3v) is 7.18. The number of nitrogens with zero attached hydrogens (tertiary/aromatic N) is 2. The summed E-state index contributed by atoms with van der Waals surface area (Å²) in [5.41, 5.74) is 5.04. The van der Waals surface area contributed by atoms with Gasteiger partial charge < -0.3 is 4.74 Å². The van der Waals surface area contributed by atoms with E-state index in [0.717, 1.165) is 43.8 Å². The van der Waals surface area contributed by atoms with Gasteiger partial charge in [-0.3, -0.25) is 14.3 Å². The minimum atomic E-state index is -0.194. The molecule has 1 fully saturated rings. The number of aryl methyl sites for hydroxylation is 3. The van der Waals surface area contributed by atoms with Crippen molar-refractivity contribution in [1.29, 1.82) is 0 Å². The Balaban J connectivity index is 1.40. The van der Waals surface area contributed by atoms with Crippen molar-refractivity contribution in [3.63, 3.8) is 0 Å². The maximum absolute atomic E-state index is 11.1. The molecule has 6 heteroatoms.